The molecular formula is C31H37NO6. The number of nitrogens with one attached hydrogen (secondary N) is 1. The molecule has 1 N–H and O–H groups in total. The van der Waals surface area contributed by atoms with Gasteiger partial charge in [-0.3, -0.25) is 4.79 Å². The van der Waals surface area contributed by atoms with Gasteiger partial charge < -0.3 is 24.3 Å². The first kappa shape index (κ1) is 28.6. The van der Waals surface area contributed by atoms with Crippen molar-refractivity contribution in [2.45, 2.75) is 58.7 Å². The summed E-state index contributed by atoms with van der Waals surface area (Å²) in [7, 11) is 3.09. The lowest BCUT2D eigenvalue weighted by molar-refractivity contribution is -0.170. The van der Waals surface area contributed by atoms with E-state index in [9.17, 15) is 9.59 Å². The van der Waals surface area contributed by atoms with Crippen molar-refractivity contribution in [3.8, 4) is 17.2 Å². The van der Waals surface area contributed by atoms with Crippen molar-refractivity contribution < 1.29 is 28.5 Å². The van der Waals surface area contributed by atoms with E-state index in [2.05, 4.69) is 5.32 Å². The minimum Gasteiger partial charge on any atom is -0.497 e. The fourth-order valence-electron chi connectivity index (χ4n) is 3.74. The Hall–Kier alpha value is -4.00. The highest BCUT2D eigenvalue weighted by Crippen LogP contribution is 2.26. The van der Waals surface area contributed by atoms with Gasteiger partial charge in [-0.05, 0) is 95.0 Å². The second kappa shape index (κ2) is 12.0. The fraction of sp³-hybridized carbons (Fsp3) is 0.355. The standard InChI is InChI=1S/C31H37NO6/c1-30(2,3)38-29(34)31(4,5)37-24-15-13-21(14-16-24)11-12-22-9-8-10-23(19-22)32-28(33)26-18-17-25(35-6)20-27(26)36-7/h8-10,13-20H,11-12H2,1-7H3,(H,32,33). The Morgan fingerprint density at radius 1 is 0.763 bits per heavy atom. The van der Waals surface area contributed by atoms with Gasteiger partial charge in [-0.15, -0.1) is 0 Å². The first-order chi connectivity index (χ1) is 17.9. The van der Waals surface area contributed by atoms with Crippen molar-refractivity contribution >= 4 is 17.6 Å². The van der Waals surface area contributed by atoms with E-state index in [4.69, 9.17) is 18.9 Å². The zero-order chi connectivity index (χ0) is 27.9. The van der Waals surface area contributed by atoms with Crippen LogP contribution in [0.25, 0.3) is 0 Å². The summed E-state index contributed by atoms with van der Waals surface area (Å²) in [6, 6.07) is 20.6. The molecule has 3 rings (SSSR count). The number of carbonyl (C=O) groups excluding carboxylic acids is 2. The quantitative estimate of drug-likeness (QED) is 0.319. The summed E-state index contributed by atoms with van der Waals surface area (Å²) in [5.74, 6) is 0.993. The van der Waals surface area contributed by atoms with E-state index >= 15 is 0 Å². The third-order valence-electron chi connectivity index (χ3n) is 5.73. The molecule has 0 aliphatic heterocycles. The molecule has 0 aromatic heterocycles. The lowest BCUT2D eigenvalue weighted by Gasteiger charge is -2.29. The maximum absolute atomic E-state index is 12.9. The molecule has 202 valence electrons. The van der Waals surface area contributed by atoms with E-state index in [1.165, 1.54) is 7.11 Å². The second-order valence-corrected chi connectivity index (χ2v) is 10.5. The van der Waals surface area contributed by atoms with Crippen molar-refractivity contribution in [2.24, 2.45) is 0 Å². The molecule has 0 aliphatic carbocycles. The predicted molar refractivity (Wildman–Crippen MR) is 148 cm³/mol. The van der Waals surface area contributed by atoms with Crippen LogP contribution in [0.1, 0.15) is 56.1 Å². The SMILES string of the molecule is COc1ccc(C(=O)Nc2cccc(CCc3ccc(OC(C)(C)C(=O)OC(C)(C)C)cc3)c2)c(OC)c1. The molecule has 1 amide bonds. The second-order valence-electron chi connectivity index (χ2n) is 10.5. The molecule has 7 heteroatoms. The number of benzene rings is 3. The van der Waals surface area contributed by atoms with Crippen LogP contribution in [0.3, 0.4) is 0 Å². The molecule has 3 aromatic carbocycles. The number of hydrogen-bond acceptors (Lipinski definition) is 6. The molecule has 0 bridgehead atoms. The van der Waals surface area contributed by atoms with Crippen LogP contribution < -0.4 is 19.5 Å². The molecule has 0 heterocycles. The van der Waals surface area contributed by atoms with Gasteiger partial charge >= 0.3 is 5.97 Å². The fourth-order valence-corrected chi connectivity index (χ4v) is 3.74. The highest BCUT2D eigenvalue weighted by Gasteiger charge is 2.34. The summed E-state index contributed by atoms with van der Waals surface area (Å²) in [6.07, 6.45) is 1.60. The minimum absolute atomic E-state index is 0.258. The molecule has 3 aromatic rings. The topological polar surface area (TPSA) is 83.1 Å². The highest BCUT2D eigenvalue weighted by molar-refractivity contribution is 6.06. The van der Waals surface area contributed by atoms with Crippen molar-refractivity contribution in [1.82, 2.24) is 0 Å². The van der Waals surface area contributed by atoms with Crippen LogP contribution in [0.2, 0.25) is 0 Å². The number of aryl methyl sites for hydroxylation is 2. The predicted octanol–water partition coefficient (Wildman–Crippen LogP) is 6.24. The van der Waals surface area contributed by atoms with E-state index in [1.807, 2.05) is 69.3 Å². The van der Waals surface area contributed by atoms with Crippen molar-refractivity contribution in [1.29, 1.82) is 0 Å². The van der Waals surface area contributed by atoms with Gasteiger partial charge in [-0.2, -0.15) is 0 Å². The molecule has 38 heavy (non-hydrogen) atoms. The number of amides is 1. The van der Waals surface area contributed by atoms with Gasteiger partial charge in [0, 0.05) is 11.8 Å². The van der Waals surface area contributed by atoms with E-state index in [0.717, 1.165) is 24.0 Å². The number of rotatable bonds is 10. The summed E-state index contributed by atoms with van der Waals surface area (Å²) in [6.45, 7) is 8.89. The van der Waals surface area contributed by atoms with Gasteiger partial charge in [0.05, 0.1) is 19.8 Å². The number of esters is 1. The van der Waals surface area contributed by atoms with Gasteiger partial charge in [-0.25, -0.2) is 4.79 Å². The molecular weight excluding hydrogens is 482 g/mol. The first-order valence-electron chi connectivity index (χ1n) is 12.5. The number of carbonyl (C=O) groups is 2. The average Bonchev–Trinajstić information content (AvgIpc) is 2.87. The summed E-state index contributed by atoms with van der Waals surface area (Å²) < 4.78 is 21.9. The Labute approximate surface area is 225 Å². The van der Waals surface area contributed by atoms with Crippen LogP contribution in [0.4, 0.5) is 5.69 Å². The molecule has 0 saturated heterocycles. The molecule has 0 saturated carbocycles. The summed E-state index contributed by atoms with van der Waals surface area (Å²) >= 11 is 0. The van der Waals surface area contributed by atoms with E-state index in [0.29, 0.717) is 28.5 Å². The largest absolute Gasteiger partial charge is 0.497 e. The highest BCUT2D eigenvalue weighted by atomic mass is 16.6. The van der Waals surface area contributed by atoms with Crippen molar-refractivity contribution in [2.75, 3.05) is 19.5 Å². The van der Waals surface area contributed by atoms with Crippen LogP contribution in [0.15, 0.2) is 66.7 Å². The zero-order valence-corrected chi connectivity index (χ0v) is 23.2. The van der Waals surface area contributed by atoms with Crippen LogP contribution in [0.5, 0.6) is 17.2 Å². The summed E-state index contributed by atoms with van der Waals surface area (Å²) in [5.41, 5.74) is 1.68. The Balaban J connectivity index is 1.59. The third kappa shape index (κ3) is 8.00. The molecule has 0 unspecified atom stereocenters. The van der Waals surface area contributed by atoms with Gasteiger partial charge in [0.15, 0.2) is 5.60 Å². The van der Waals surface area contributed by atoms with Crippen LogP contribution in [-0.4, -0.2) is 37.3 Å². The number of methoxy groups -OCH3 is 2. The van der Waals surface area contributed by atoms with Crippen LogP contribution in [0, 0.1) is 0 Å². The number of anilines is 1. The molecule has 0 fully saturated rings. The van der Waals surface area contributed by atoms with Gasteiger partial charge in [-0.1, -0.05) is 24.3 Å². The first-order valence-corrected chi connectivity index (χ1v) is 12.5. The van der Waals surface area contributed by atoms with Crippen LogP contribution in [-0.2, 0) is 22.4 Å². The van der Waals surface area contributed by atoms with E-state index in [1.54, 1.807) is 39.2 Å². The average molecular weight is 520 g/mol. The maximum Gasteiger partial charge on any atom is 0.350 e. The van der Waals surface area contributed by atoms with E-state index in [-0.39, 0.29) is 5.91 Å². The lowest BCUT2D eigenvalue weighted by Crippen LogP contribution is -2.43. The van der Waals surface area contributed by atoms with Crippen molar-refractivity contribution in [3.63, 3.8) is 0 Å². The van der Waals surface area contributed by atoms with Gasteiger partial charge in [0.2, 0.25) is 0 Å². The normalized spacial score (nSPS) is 11.4. The lowest BCUT2D eigenvalue weighted by atomic mass is 10.0. The monoisotopic (exact) mass is 519 g/mol. The molecule has 0 atom stereocenters. The maximum atomic E-state index is 12.9. The number of ether oxygens (including phenoxy) is 4. The van der Waals surface area contributed by atoms with Gasteiger partial charge in [0.1, 0.15) is 22.8 Å². The molecule has 0 radical (unpaired) electrons. The van der Waals surface area contributed by atoms with Gasteiger partial charge in [0.25, 0.3) is 5.91 Å². The summed E-state index contributed by atoms with van der Waals surface area (Å²) in [5, 5.41) is 2.95. The Bertz CT molecular complexity index is 1260. The molecule has 0 aliphatic rings. The number of hydrogen-bond donors (Lipinski definition) is 1. The van der Waals surface area contributed by atoms with Crippen LogP contribution >= 0.6 is 0 Å². The smallest absolute Gasteiger partial charge is 0.350 e. The minimum atomic E-state index is -1.10. The molecule has 7 nitrogen and oxygen atoms in total. The zero-order valence-electron chi connectivity index (χ0n) is 23.2. The molecule has 0 spiro atoms. The Kier molecular flexibility index (Phi) is 9.04. The third-order valence-corrected chi connectivity index (χ3v) is 5.73. The summed E-state index contributed by atoms with van der Waals surface area (Å²) in [4.78, 5) is 25.3. The van der Waals surface area contributed by atoms with Crippen molar-refractivity contribution in [3.05, 3.63) is 83.4 Å². The Morgan fingerprint density at radius 3 is 2.05 bits per heavy atom. The Morgan fingerprint density at radius 2 is 1.42 bits per heavy atom. The van der Waals surface area contributed by atoms with E-state index < -0.39 is 17.2 Å².